The van der Waals surface area contributed by atoms with Gasteiger partial charge in [0.2, 0.25) is 0 Å². The minimum Gasteiger partial charge on any atom is -0.394 e. The van der Waals surface area contributed by atoms with Crippen LogP contribution in [0.5, 0.6) is 0 Å². The van der Waals surface area contributed by atoms with Crippen LogP contribution in [0.15, 0.2) is 36.7 Å². The first-order valence-electron chi connectivity index (χ1n) is 8.36. The van der Waals surface area contributed by atoms with Crippen LogP contribution in [-0.2, 0) is 13.0 Å². The summed E-state index contributed by atoms with van der Waals surface area (Å²) < 4.78 is 0. The van der Waals surface area contributed by atoms with Crippen molar-refractivity contribution < 1.29 is 5.11 Å². The highest BCUT2D eigenvalue weighted by Crippen LogP contribution is 2.28. The van der Waals surface area contributed by atoms with Crippen LogP contribution in [0.1, 0.15) is 24.0 Å². The maximum absolute atomic E-state index is 9.53. The van der Waals surface area contributed by atoms with E-state index in [1.54, 1.807) is 6.33 Å². The highest BCUT2D eigenvalue weighted by molar-refractivity contribution is 5.53. The second-order valence-corrected chi connectivity index (χ2v) is 6.35. The molecule has 2 aliphatic heterocycles. The summed E-state index contributed by atoms with van der Waals surface area (Å²) in [5, 5.41) is 9.53. The van der Waals surface area contributed by atoms with Crippen molar-refractivity contribution in [2.24, 2.45) is 0 Å². The number of nitrogens with zero attached hydrogens (tertiary/aromatic N) is 4. The zero-order valence-electron chi connectivity index (χ0n) is 13.2. The van der Waals surface area contributed by atoms with Crippen LogP contribution in [0, 0.1) is 0 Å². The number of anilines is 2. The van der Waals surface area contributed by atoms with E-state index in [0.717, 1.165) is 50.5 Å². The molecule has 1 aromatic heterocycles. The summed E-state index contributed by atoms with van der Waals surface area (Å²) in [4.78, 5) is 13.4. The zero-order chi connectivity index (χ0) is 15.6. The average Bonchev–Trinajstić information content (AvgIpc) is 3.10. The summed E-state index contributed by atoms with van der Waals surface area (Å²) in [6, 6.07) is 10.9. The van der Waals surface area contributed by atoms with Gasteiger partial charge in [-0.2, -0.15) is 0 Å². The molecule has 0 unspecified atom stereocenters. The van der Waals surface area contributed by atoms with Gasteiger partial charge < -0.3 is 14.9 Å². The molecule has 2 aromatic rings. The van der Waals surface area contributed by atoms with E-state index in [1.807, 2.05) is 0 Å². The Hall–Kier alpha value is -2.14. The van der Waals surface area contributed by atoms with E-state index in [2.05, 4.69) is 50.1 Å². The van der Waals surface area contributed by atoms with Gasteiger partial charge in [-0.15, -0.1) is 0 Å². The van der Waals surface area contributed by atoms with Gasteiger partial charge in [-0.25, -0.2) is 9.97 Å². The number of fused-ring (bicyclic) bond motifs is 1. The van der Waals surface area contributed by atoms with Crippen LogP contribution < -0.4 is 9.80 Å². The molecule has 5 nitrogen and oxygen atoms in total. The molecule has 4 rings (SSSR count). The molecule has 0 spiro atoms. The van der Waals surface area contributed by atoms with Gasteiger partial charge in [-0.3, -0.25) is 0 Å². The summed E-state index contributed by atoms with van der Waals surface area (Å²) in [6.07, 6.45) is 4.85. The highest BCUT2D eigenvalue weighted by Gasteiger charge is 2.26. The predicted molar refractivity (Wildman–Crippen MR) is 90.7 cm³/mol. The molecule has 1 atom stereocenters. The topological polar surface area (TPSA) is 52.5 Å². The van der Waals surface area contributed by atoms with Gasteiger partial charge in [0.1, 0.15) is 18.0 Å². The quantitative estimate of drug-likeness (QED) is 0.940. The summed E-state index contributed by atoms with van der Waals surface area (Å²) in [5.41, 5.74) is 2.83. The van der Waals surface area contributed by atoms with Crippen molar-refractivity contribution in [3.05, 3.63) is 47.8 Å². The number of rotatable bonds is 3. The summed E-state index contributed by atoms with van der Waals surface area (Å²) in [5.74, 6) is 1.92. The SMILES string of the molecule is OC[C@@H]1CCCN1c1cc(N2CCc3ccccc3C2)ncn1. The van der Waals surface area contributed by atoms with E-state index in [0.29, 0.717) is 0 Å². The molecule has 3 heterocycles. The third-order valence-corrected chi connectivity index (χ3v) is 4.98. The lowest BCUT2D eigenvalue weighted by atomic mass is 10.00. The Balaban J connectivity index is 1.57. The summed E-state index contributed by atoms with van der Waals surface area (Å²) in [7, 11) is 0. The molecule has 5 heteroatoms. The van der Waals surface area contributed by atoms with Crippen molar-refractivity contribution in [3.63, 3.8) is 0 Å². The third kappa shape index (κ3) is 2.77. The normalized spacial score (nSPS) is 20.7. The molecule has 23 heavy (non-hydrogen) atoms. The van der Waals surface area contributed by atoms with E-state index in [4.69, 9.17) is 0 Å². The van der Waals surface area contributed by atoms with E-state index in [1.165, 1.54) is 11.1 Å². The molecule has 120 valence electrons. The molecule has 0 saturated carbocycles. The van der Waals surface area contributed by atoms with E-state index in [-0.39, 0.29) is 12.6 Å². The fraction of sp³-hybridized carbons (Fsp3) is 0.444. The molecule has 0 amide bonds. The largest absolute Gasteiger partial charge is 0.394 e. The molecule has 1 N–H and O–H groups in total. The minimum absolute atomic E-state index is 0.191. The fourth-order valence-electron chi connectivity index (χ4n) is 3.69. The number of benzene rings is 1. The van der Waals surface area contributed by atoms with Crippen molar-refractivity contribution in [2.45, 2.75) is 31.8 Å². The molecule has 0 aliphatic carbocycles. The average molecular weight is 310 g/mol. The number of aromatic nitrogens is 2. The number of aliphatic hydroxyl groups excluding tert-OH is 1. The number of hydrogen-bond acceptors (Lipinski definition) is 5. The molecule has 0 bridgehead atoms. The van der Waals surface area contributed by atoms with Crippen LogP contribution in [0.2, 0.25) is 0 Å². The molecule has 0 radical (unpaired) electrons. The number of hydrogen-bond donors (Lipinski definition) is 1. The smallest absolute Gasteiger partial charge is 0.134 e. The van der Waals surface area contributed by atoms with Gasteiger partial charge in [-0.05, 0) is 30.4 Å². The summed E-state index contributed by atoms with van der Waals surface area (Å²) in [6.45, 7) is 3.04. The van der Waals surface area contributed by atoms with Gasteiger partial charge in [-0.1, -0.05) is 24.3 Å². The van der Waals surface area contributed by atoms with Gasteiger partial charge in [0, 0.05) is 25.7 Å². The Kier molecular flexibility index (Phi) is 3.87. The van der Waals surface area contributed by atoms with Gasteiger partial charge in [0.25, 0.3) is 0 Å². The fourth-order valence-corrected chi connectivity index (χ4v) is 3.69. The Morgan fingerprint density at radius 1 is 1.09 bits per heavy atom. The maximum Gasteiger partial charge on any atom is 0.134 e. The Morgan fingerprint density at radius 3 is 2.78 bits per heavy atom. The molecule has 2 aliphatic rings. The van der Waals surface area contributed by atoms with Gasteiger partial charge >= 0.3 is 0 Å². The summed E-state index contributed by atoms with van der Waals surface area (Å²) >= 11 is 0. The monoisotopic (exact) mass is 310 g/mol. The second kappa shape index (κ2) is 6.16. The Bertz CT molecular complexity index is 690. The van der Waals surface area contributed by atoms with Crippen molar-refractivity contribution in [1.82, 2.24) is 9.97 Å². The van der Waals surface area contributed by atoms with Crippen LogP contribution in [-0.4, -0.2) is 40.8 Å². The lowest BCUT2D eigenvalue weighted by molar-refractivity contribution is 0.266. The van der Waals surface area contributed by atoms with Crippen LogP contribution in [0.4, 0.5) is 11.6 Å². The third-order valence-electron chi connectivity index (χ3n) is 4.98. The minimum atomic E-state index is 0.191. The molecular weight excluding hydrogens is 288 g/mol. The van der Waals surface area contributed by atoms with E-state index in [9.17, 15) is 5.11 Å². The van der Waals surface area contributed by atoms with Crippen LogP contribution in [0.3, 0.4) is 0 Å². The standard InChI is InChI=1S/C18H22N4O/c23-12-16-6-3-8-22(16)18-10-17(19-13-20-18)21-9-7-14-4-1-2-5-15(14)11-21/h1-2,4-5,10,13,16,23H,3,6-9,11-12H2/t16-/m0/s1. The predicted octanol–water partition coefficient (Wildman–Crippen LogP) is 2.00. The first kappa shape index (κ1) is 14.5. The number of aliphatic hydroxyl groups is 1. The van der Waals surface area contributed by atoms with E-state index >= 15 is 0 Å². The zero-order valence-corrected chi connectivity index (χ0v) is 13.2. The van der Waals surface area contributed by atoms with E-state index < -0.39 is 0 Å². The molecule has 1 fully saturated rings. The Labute approximate surface area is 136 Å². The Morgan fingerprint density at radius 2 is 1.91 bits per heavy atom. The lowest BCUT2D eigenvalue weighted by Crippen LogP contribution is -2.34. The van der Waals surface area contributed by atoms with Crippen molar-refractivity contribution >= 4 is 11.6 Å². The van der Waals surface area contributed by atoms with Crippen molar-refractivity contribution in [1.29, 1.82) is 0 Å². The van der Waals surface area contributed by atoms with Gasteiger partial charge in [0.05, 0.1) is 12.6 Å². The van der Waals surface area contributed by atoms with Crippen LogP contribution in [0.25, 0.3) is 0 Å². The highest BCUT2D eigenvalue weighted by atomic mass is 16.3. The first-order chi connectivity index (χ1) is 11.3. The molecule has 1 aromatic carbocycles. The van der Waals surface area contributed by atoms with Crippen molar-refractivity contribution in [3.8, 4) is 0 Å². The first-order valence-corrected chi connectivity index (χ1v) is 8.36. The van der Waals surface area contributed by atoms with Gasteiger partial charge in [0.15, 0.2) is 0 Å². The van der Waals surface area contributed by atoms with Crippen LogP contribution >= 0.6 is 0 Å². The lowest BCUT2D eigenvalue weighted by Gasteiger charge is -2.31. The molecule has 1 saturated heterocycles. The molecular formula is C18H22N4O. The van der Waals surface area contributed by atoms with Crippen molar-refractivity contribution in [2.75, 3.05) is 29.5 Å². The second-order valence-electron chi connectivity index (χ2n) is 6.35. The maximum atomic E-state index is 9.53.